The molecule has 1 atom stereocenters. The first-order valence-corrected chi connectivity index (χ1v) is 4.30. The number of nitrogens with one attached hydrogen (secondary N) is 1. The Morgan fingerprint density at radius 2 is 2.36 bits per heavy atom. The van der Waals surface area contributed by atoms with Crippen molar-refractivity contribution in [3.05, 3.63) is 0 Å². The molecule has 82 valence electrons. The third-order valence-electron chi connectivity index (χ3n) is 2.27. The monoisotopic (exact) mass is 209 g/mol. The zero-order valence-electron chi connectivity index (χ0n) is 7.85. The van der Waals surface area contributed by atoms with Gasteiger partial charge in [0, 0.05) is 12.1 Å². The zero-order valence-corrected chi connectivity index (χ0v) is 7.85. The first-order valence-electron chi connectivity index (χ1n) is 4.30. The summed E-state index contributed by atoms with van der Waals surface area (Å²) < 4.78 is 30.4. The summed E-state index contributed by atoms with van der Waals surface area (Å²) in [4.78, 5) is 10.1. The maximum Gasteiger partial charge on any atom is 0.375 e. The lowest BCUT2D eigenvalue weighted by Crippen LogP contribution is -2.50. The molecule has 0 aromatic carbocycles. The minimum atomic E-state index is -3.72. The summed E-state index contributed by atoms with van der Waals surface area (Å²) in [6.07, 6.45) is 0.614. The van der Waals surface area contributed by atoms with Gasteiger partial charge in [-0.25, -0.2) is 4.79 Å². The highest BCUT2D eigenvalue weighted by Crippen LogP contribution is 2.20. The Morgan fingerprint density at radius 3 is 2.79 bits per heavy atom. The largest absolute Gasteiger partial charge is 0.477 e. The van der Waals surface area contributed by atoms with Crippen LogP contribution >= 0.6 is 0 Å². The van der Waals surface area contributed by atoms with Crippen LogP contribution in [0.4, 0.5) is 8.78 Å². The molecule has 0 radical (unpaired) electrons. The van der Waals surface area contributed by atoms with Crippen molar-refractivity contribution in [2.24, 2.45) is 0 Å². The molecule has 4 nitrogen and oxygen atoms in total. The van der Waals surface area contributed by atoms with Crippen molar-refractivity contribution in [1.82, 2.24) is 5.32 Å². The van der Waals surface area contributed by atoms with Crippen LogP contribution < -0.4 is 5.32 Å². The number of ether oxygens (including phenoxy) is 1. The van der Waals surface area contributed by atoms with Gasteiger partial charge < -0.3 is 15.2 Å². The number of rotatable bonds is 4. The van der Waals surface area contributed by atoms with Crippen LogP contribution in [0.3, 0.4) is 0 Å². The Labute approximate surface area is 80.2 Å². The fraction of sp³-hybridized carbons (Fsp3) is 0.875. The van der Waals surface area contributed by atoms with Gasteiger partial charge in [-0.05, 0) is 13.3 Å². The van der Waals surface area contributed by atoms with Gasteiger partial charge in [-0.2, -0.15) is 8.78 Å². The van der Waals surface area contributed by atoms with Crippen molar-refractivity contribution in [1.29, 1.82) is 0 Å². The van der Waals surface area contributed by atoms with E-state index in [1.165, 1.54) is 0 Å². The molecule has 1 saturated heterocycles. The summed E-state index contributed by atoms with van der Waals surface area (Å²) in [5, 5.41) is 10.7. The van der Waals surface area contributed by atoms with Crippen molar-refractivity contribution in [3.63, 3.8) is 0 Å². The van der Waals surface area contributed by atoms with Crippen molar-refractivity contribution in [2.75, 3.05) is 19.8 Å². The number of carboxylic acids is 1. The maximum absolute atomic E-state index is 12.7. The van der Waals surface area contributed by atoms with Gasteiger partial charge in [0.05, 0.1) is 13.2 Å². The predicted octanol–water partition coefficient (Wildman–Crippen LogP) is 0.475. The molecular weight excluding hydrogens is 196 g/mol. The van der Waals surface area contributed by atoms with Gasteiger partial charge in [-0.1, -0.05) is 0 Å². The quantitative estimate of drug-likeness (QED) is 0.706. The second-order valence-electron chi connectivity index (χ2n) is 3.73. The average molecular weight is 209 g/mol. The predicted molar refractivity (Wildman–Crippen MR) is 44.4 cm³/mol. The normalized spacial score (nSPS) is 27.9. The highest BCUT2D eigenvalue weighted by Gasteiger charge is 2.41. The number of carboxylic acid groups (broad SMARTS) is 1. The lowest BCUT2D eigenvalue weighted by Gasteiger charge is -2.25. The van der Waals surface area contributed by atoms with E-state index in [0.717, 1.165) is 0 Å². The molecule has 0 aliphatic carbocycles. The fourth-order valence-corrected chi connectivity index (χ4v) is 1.21. The molecule has 1 heterocycles. The lowest BCUT2D eigenvalue weighted by molar-refractivity contribution is -0.164. The minimum absolute atomic E-state index is 0.336. The topological polar surface area (TPSA) is 58.6 Å². The third-order valence-corrected chi connectivity index (χ3v) is 2.27. The van der Waals surface area contributed by atoms with E-state index in [0.29, 0.717) is 19.6 Å². The molecule has 1 fully saturated rings. The van der Waals surface area contributed by atoms with Crippen LogP contribution in [0.15, 0.2) is 0 Å². The highest BCUT2D eigenvalue weighted by molar-refractivity contribution is 5.75. The number of aliphatic carboxylic acids is 1. The summed E-state index contributed by atoms with van der Waals surface area (Å²) >= 11 is 0. The summed E-state index contributed by atoms with van der Waals surface area (Å²) in [7, 11) is 0. The van der Waals surface area contributed by atoms with Crippen molar-refractivity contribution in [2.45, 2.75) is 24.8 Å². The van der Waals surface area contributed by atoms with Crippen molar-refractivity contribution in [3.8, 4) is 0 Å². The van der Waals surface area contributed by atoms with E-state index < -0.39 is 24.0 Å². The summed E-state index contributed by atoms with van der Waals surface area (Å²) in [5.74, 6) is -5.82. The van der Waals surface area contributed by atoms with Crippen LogP contribution in [-0.4, -0.2) is 42.3 Å². The summed E-state index contributed by atoms with van der Waals surface area (Å²) in [6, 6.07) is 0. The van der Waals surface area contributed by atoms with E-state index in [-0.39, 0.29) is 0 Å². The van der Waals surface area contributed by atoms with Gasteiger partial charge in [0.15, 0.2) is 0 Å². The number of alkyl halides is 2. The molecule has 14 heavy (non-hydrogen) atoms. The summed E-state index contributed by atoms with van der Waals surface area (Å²) in [6.45, 7) is 1.73. The Balaban J connectivity index is 2.43. The van der Waals surface area contributed by atoms with Gasteiger partial charge in [0.25, 0.3) is 0 Å². The van der Waals surface area contributed by atoms with E-state index >= 15 is 0 Å². The fourth-order valence-electron chi connectivity index (χ4n) is 1.21. The Bertz CT molecular complexity index is 227. The Hall–Kier alpha value is -0.750. The molecule has 0 amide bonds. The SMILES string of the molecule is CC1(NCC(F)(F)C(=O)O)CCOC1. The average Bonchev–Trinajstić information content (AvgIpc) is 2.50. The molecule has 0 spiro atoms. The number of carbonyl (C=O) groups is 1. The van der Waals surface area contributed by atoms with E-state index in [1.807, 2.05) is 0 Å². The van der Waals surface area contributed by atoms with Crippen LogP contribution in [0.25, 0.3) is 0 Å². The smallest absolute Gasteiger partial charge is 0.375 e. The molecule has 1 aliphatic heterocycles. The van der Waals surface area contributed by atoms with Gasteiger partial charge in [-0.15, -0.1) is 0 Å². The first kappa shape index (κ1) is 11.3. The molecule has 1 aliphatic rings. The lowest BCUT2D eigenvalue weighted by atomic mass is 10.0. The number of hydrogen-bond acceptors (Lipinski definition) is 3. The van der Waals surface area contributed by atoms with Crippen LogP contribution in [-0.2, 0) is 9.53 Å². The van der Waals surface area contributed by atoms with Crippen LogP contribution in [0.2, 0.25) is 0 Å². The van der Waals surface area contributed by atoms with Crippen LogP contribution in [0.1, 0.15) is 13.3 Å². The molecule has 6 heteroatoms. The second kappa shape index (κ2) is 3.78. The second-order valence-corrected chi connectivity index (χ2v) is 3.73. The number of hydrogen-bond donors (Lipinski definition) is 2. The first-order chi connectivity index (χ1) is 6.36. The maximum atomic E-state index is 12.7. The van der Waals surface area contributed by atoms with Crippen molar-refractivity contribution >= 4 is 5.97 Å². The van der Waals surface area contributed by atoms with Crippen LogP contribution in [0, 0.1) is 0 Å². The van der Waals surface area contributed by atoms with E-state index in [4.69, 9.17) is 9.84 Å². The molecule has 2 N–H and O–H groups in total. The van der Waals surface area contributed by atoms with Gasteiger partial charge in [0.2, 0.25) is 0 Å². The summed E-state index contributed by atoms with van der Waals surface area (Å²) in [5.41, 5.74) is -0.529. The van der Waals surface area contributed by atoms with E-state index in [1.54, 1.807) is 6.92 Å². The number of halogens is 2. The van der Waals surface area contributed by atoms with Gasteiger partial charge in [-0.3, -0.25) is 0 Å². The minimum Gasteiger partial charge on any atom is -0.477 e. The van der Waals surface area contributed by atoms with Crippen molar-refractivity contribution < 1.29 is 23.4 Å². The van der Waals surface area contributed by atoms with Crippen LogP contribution in [0.5, 0.6) is 0 Å². The third kappa shape index (κ3) is 2.62. The molecule has 0 bridgehead atoms. The molecule has 0 aromatic heterocycles. The van der Waals surface area contributed by atoms with E-state index in [2.05, 4.69) is 5.32 Å². The molecular formula is C8H13F2NO3. The molecule has 0 aromatic rings. The van der Waals surface area contributed by atoms with E-state index in [9.17, 15) is 13.6 Å². The van der Waals surface area contributed by atoms with Gasteiger partial charge >= 0.3 is 11.9 Å². The Morgan fingerprint density at radius 1 is 1.71 bits per heavy atom. The Kier molecular flexibility index (Phi) is 3.06. The molecule has 1 unspecified atom stereocenters. The zero-order chi connectivity index (χ0) is 10.8. The molecule has 1 rings (SSSR count). The molecule has 0 saturated carbocycles. The van der Waals surface area contributed by atoms with Gasteiger partial charge in [0.1, 0.15) is 0 Å². The standard InChI is InChI=1S/C8H13F2NO3/c1-7(2-3-14-5-7)11-4-8(9,10)6(12)13/h11H,2-5H2,1H3,(H,12,13). The highest BCUT2D eigenvalue weighted by atomic mass is 19.3.